The van der Waals surface area contributed by atoms with E-state index in [9.17, 15) is 0 Å². The third kappa shape index (κ3) is 2.51. The highest BCUT2D eigenvalue weighted by Gasteiger charge is 2.21. The van der Waals surface area contributed by atoms with Gasteiger partial charge in [0.15, 0.2) is 12.2 Å². The quantitative estimate of drug-likeness (QED) is 0.903. The molecule has 2 aromatic rings. The summed E-state index contributed by atoms with van der Waals surface area (Å²) in [4.78, 5) is 4.25. The van der Waals surface area contributed by atoms with Crippen molar-refractivity contribution < 1.29 is 4.42 Å². The second kappa shape index (κ2) is 4.51. The van der Waals surface area contributed by atoms with Gasteiger partial charge in [0, 0.05) is 23.2 Å². The summed E-state index contributed by atoms with van der Waals surface area (Å²) in [7, 11) is 0. The van der Waals surface area contributed by atoms with Crippen molar-refractivity contribution in [3.05, 3.63) is 41.4 Å². The number of benzene rings is 1. The highest BCUT2D eigenvalue weighted by atomic mass is 35.5. The van der Waals surface area contributed by atoms with Gasteiger partial charge < -0.3 is 9.73 Å². The summed E-state index contributed by atoms with van der Waals surface area (Å²) in [5.41, 5.74) is 1.92. The van der Waals surface area contributed by atoms with E-state index in [4.69, 9.17) is 16.0 Å². The fourth-order valence-electron chi connectivity index (χ4n) is 1.79. The molecule has 0 bridgehead atoms. The van der Waals surface area contributed by atoms with Crippen molar-refractivity contribution >= 4 is 11.6 Å². The largest absolute Gasteiger partial charge is 0.443 e. The van der Waals surface area contributed by atoms with Gasteiger partial charge in [-0.05, 0) is 25.0 Å². The summed E-state index contributed by atoms with van der Waals surface area (Å²) in [5.74, 6) is 0.806. The van der Waals surface area contributed by atoms with E-state index in [2.05, 4.69) is 10.3 Å². The molecule has 4 heteroatoms. The standard InChI is InChI=1S/C13H13ClN2O/c14-10-3-1-2-9(6-10)13-12(16-8-17-13)7-15-11-4-5-11/h1-3,6,8,11,15H,4-5,7H2. The lowest BCUT2D eigenvalue weighted by Gasteiger charge is -2.03. The van der Waals surface area contributed by atoms with Gasteiger partial charge in [-0.15, -0.1) is 0 Å². The molecular formula is C13H13ClN2O. The normalized spacial score (nSPS) is 15.1. The van der Waals surface area contributed by atoms with Gasteiger partial charge in [-0.25, -0.2) is 4.98 Å². The summed E-state index contributed by atoms with van der Waals surface area (Å²) in [6.45, 7) is 0.753. The van der Waals surface area contributed by atoms with Crippen LogP contribution in [0, 0.1) is 0 Å². The van der Waals surface area contributed by atoms with Gasteiger partial charge in [0.2, 0.25) is 0 Å². The average molecular weight is 249 g/mol. The van der Waals surface area contributed by atoms with Crippen molar-refractivity contribution in [1.29, 1.82) is 0 Å². The summed E-state index contributed by atoms with van der Waals surface area (Å²) < 4.78 is 5.45. The van der Waals surface area contributed by atoms with Crippen molar-refractivity contribution in [2.45, 2.75) is 25.4 Å². The van der Waals surface area contributed by atoms with E-state index >= 15 is 0 Å². The van der Waals surface area contributed by atoms with Gasteiger partial charge in [0.05, 0.1) is 0 Å². The second-order valence-electron chi connectivity index (χ2n) is 4.29. The Labute approximate surface area is 105 Å². The summed E-state index contributed by atoms with van der Waals surface area (Å²) in [6, 6.07) is 8.30. The fraction of sp³-hybridized carbons (Fsp3) is 0.308. The molecule has 88 valence electrons. The first-order chi connectivity index (χ1) is 8.33. The Morgan fingerprint density at radius 3 is 3.06 bits per heavy atom. The second-order valence-corrected chi connectivity index (χ2v) is 4.73. The van der Waals surface area contributed by atoms with E-state index in [-0.39, 0.29) is 0 Å². The van der Waals surface area contributed by atoms with Gasteiger partial charge in [0.1, 0.15) is 5.69 Å². The number of rotatable bonds is 4. The summed E-state index contributed by atoms with van der Waals surface area (Å²) >= 11 is 5.97. The van der Waals surface area contributed by atoms with Crippen LogP contribution < -0.4 is 5.32 Å². The number of nitrogens with zero attached hydrogens (tertiary/aromatic N) is 1. The minimum Gasteiger partial charge on any atom is -0.443 e. The molecule has 1 aliphatic rings. The van der Waals surface area contributed by atoms with Crippen molar-refractivity contribution in [1.82, 2.24) is 10.3 Å². The fourth-order valence-corrected chi connectivity index (χ4v) is 1.98. The van der Waals surface area contributed by atoms with Gasteiger partial charge in [-0.3, -0.25) is 0 Å². The highest BCUT2D eigenvalue weighted by molar-refractivity contribution is 6.30. The monoisotopic (exact) mass is 248 g/mol. The zero-order chi connectivity index (χ0) is 11.7. The van der Waals surface area contributed by atoms with Crippen LogP contribution >= 0.6 is 11.6 Å². The lowest BCUT2D eigenvalue weighted by molar-refractivity contribution is 0.569. The Bertz CT molecular complexity index is 520. The van der Waals surface area contributed by atoms with Crippen molar-refractivity contribution in [3.63, 3.8) is 0 Å². The summed E-state index contributed by atoms with van der Waals surface area (Å²) in [6.07, 6.45) is 4.02. The number of aromatic nitrogens is 1. The average Bonchev–Trinajstić information content (AvgIpc) is 3.04. The van der Waals surface area contributed by atoms with Crippen LogP contribution in [0.15, 0.2) is 35.1 Å². The molecule has 0 atom stereocenters. The van der Waals surface area contributed by atoms with Crippen LogP contribution in [0.2, 0.25) is 5.02 Å². The smallest absolute Gasteiger partial charge is 0.181 e. The molecular weight excluding hydrogens is 236 g/mol. The first kappa shape index (κ1) is 10.8. The third-order valence-electron chi connectivity index (χ3n) is 2.86. The van der Waals surface area contributed by atoms with Crippen LogP contribution in [-0.4, -0.2) is 11.0 Å². The molecule has 0 saturated heterocycles. The first-order valence-corrected chi connectivity index (χ1v) is 6.12. The third-order valence-corrected chi connectivity index (χ3v) is 3.10. The Morgan fingerprint density at radius 2 is 2.29 bits per heavy atom. The van der Waals surface area contributed by atoms with Crippen molar-refractivity contribution in [3.8, 4) is 11.3 Å². The van der Waals surface area contributed by atoms with Crippen molar-refractivity contribution in [2.24, 2.45) is 0 Å². The molecule has 1 aromatic heterocycles. The predicted molar refractivity (Wildman–Crippen MR) is 66.8 cm³/mol. The topological polar surface area (TPSA) is 38.1 Å². The SMILES string of the molecule is Clc1cccc(-c2ocnc2CNC2CC2)c1. The van der Waals surface area contributed by atoms with Crippen LogP contribution in [0.25, 0.3) is 11.3 Å². The van der Waals surface area contributed by atoms with Crippen LogP contribution in [0.5, 0.6) is 0 Å². The Morgan fingerprint density at radius 1 is 1.41 bits per heavy atom. The maximum absolute atomic E-state index is 5.97. The van der Waals surface area contributed by atoms with E-state index in [1.165, 1.54) is 19.2 Å². The van der Waals surface area contributed by atoms with Crippen molar-refractivity contribution in [2.75, 3.05) is 0 Å². The lowest BCUT2D eigenvalue weighted by Crippen LogP contribution is -2.15. The molecule has 3 nitrogen and oxygen atoms in total. The van der Waals surface area contributed by atoms with E-state index in [0.29, 0.717) is 11.1 Å². The first-order valence-electron chi connectivity index (χ1n) is 5.74. The molecule has 1 saturated carbocycles. The van der Waals surface area contributed by atoms with E-state index in [1.54, 1.807) is 0 Å². The molecule has 1 fully saturated rings. The molecule has 17 heavy (non-hydrogen) atoms. The number of halogens is 1. The molecule has 1 heterocycles. The Kier molecular flexibility index (Phi) is 2.87. The van der Waals surface area contributed by atoms with Crippen LogP contribution in [0.3, 0.4) is 0 Å². The minimum absolute atomic E-state index is 0.666. The van der Waals surface area contributed by atoms with Gasteiger partial charge in [-0.2, -0.15) is 0 Å². The van der Waals surface area contributed by atoms with Crippen LogP contribution in [-0.2, 0) is 6.54 Å². The number of hydrogen-bond acceptors (Lipinski definition) is 3. The van der Waals surface area contributed by atoms with Crippen LogP contribution in [0.4, 0.5) is 0 Å². The van der Waals surface area contributed by atoms with Gasteiger partial charge in [0.25, 0.3) is 0 Å². The summed E-state index contributed by atoms with van der Waals surface area (Å²) in [5, 5.41) is 4.14. The number of oxazole rings is 1. The van der Waals surface area contributed by atoms with Gasteiger partial charge in [-0.1, -0.05) is 23.7 Å². The highest BCUT2D eigenvalue weighted by Crippen LogP contribution is 2.26. The van der Waals surface area contributed by atoms with Gasteiger partial charge >= 0.3 is 0 Å². The molecule has 0 spiro atoms. The molecule has 1 aromatic carbocycles. The maximum Gasteiger partial charge on any atom is 0.181 e. The number of hydrogen-bond donors (Lipinski definition) is 1. The molecule has 1 aliphatic carbocycles. The molecule has 0 unspecified atom stereocenters. The van der Waals surface area contributed by atoms with E-state index < -0.39 is 0 Å². The lowest BCUT2D eigenvalue weighted by atomic mass is 10.1. The van der Waals surface area contributed by atoms with E-state index in [1.807, 2.05) is 24.3 Å². The molecule has 1 N–H and O–H groups in total. The Hall–Kier alpha value is -1.32. The molecule has 0 aliphatic heterocycles. The molecule has 3 rings (SSSR count). The number of nitrogens with one attached hydrogen (secondary N) is 1. The predicted octanol–water partition coefficient (Wildman–Crippen LogP) is 3.25. The van der Waals surface area contributed by atoms with Crippen LogP contribution in [0.1, 0.15) is 18.5 Å². The molecule has 0 amide bonds. The molecule has 0 radical (unpaired) electrons. The Balaban J connectivity index is 1.83. The maximum atomic E-state index is 5.97. The van der Waals surface area contributed by atoms with E-state index in [0.717, 1.165) is 23.6 Å². The minimum atomic E-state index is 0.666. The zero-order valence-electron chi connectivity index (χ0n) is 9.32. The zero-order valence-corrected chi connectivity index (χ0v) is 10.1.